The van der Waals surface area contributed by atoms with Gasteiger partial charge in [0, 0.05) is 25.7 Å². The number of carbonyl (C=O) groups excluding carboxylic acids is 2. The maximum Gasteiger partial charge on any atom is 0.133 e. The first-order valence-electron chi connectivity index (χ1n) is 5.54. The summed E-state index contributed by atoms with van der Waals surface area (Å²) in [7, 11) is 0. The van der Waals surface area contributed by atoms with Crippen LogP contribution in [0.2, 0.25) is 0 Å². The number of rotatable bonds is 8. The van der Waals surface area contributed by atoms with Crippen molar-refractivity contribution in [3.63, 3.8) is 0 Å². The van der Waals surface area contributed by atoms with Crippen molar-refractivity contribution in [1.82, 2.24) is 0 Å². The van der Waals surface area contributed by atoms with Gasteiger partial charge in [-0.2, -0.15) is 0 Å². The first-order valence-corrected chi connectivity index (χ1v) is 5.54. The Hall–Kier alpha value is -1.10. The Bertz CT molecular complexity index is 248. The number of hydrogen-bond donors (Lipinski definition) is 0. The maximum atomic E-state index is 11.5. The number of hydrogen-bond acceptors (Lipinski definition) is 2. The highest BCUT2D eigenvalue weighted by molar-refractivity contribution is 5.80. The molecule has 0 aromatic rings. The van der Waals surface area contributed by atoms with E-state index in [9.17, 15) is 9.59 Å². The minimum absolute atomic E-state index is 0.151. The smallest absolute Gasteiger partial charge is 0.133 e. The third-order valence-corrected chi connectivity index (χ3v) is 2.48. The molecular weight excluding hydrogens is 188 g/mol. The van der Waals surface area contributed by atoms with Crippen LogP contribution >= 0.6 is 0 Å². The molecule has 0 heterocycles. The normalized spacial score (nSPS) is 11.8. The van der Waals surface area contributed by atoms with Crippen molar-refractivity contribution >= 4 is 11.6 Å². The Morgan fingerprint density at radius 1 is 1.33 bits per heavy atom. The fourth-order valence-corrected chi connectivity index (χ4v) is 1.49. The van der Waals surface area contributed by atoms with Crippen LogP contribution in [0, 0.1) is 18.3 Å². The van der Waals surface area contributed by atoms with E-state index in [0.29, 0.717) is 38.0 Å². The second kappa shape index (κ2) is 8.23. The van der Waals surface area contributed by atoms with Crippen LogP contribution in [-0.2, 0) is 9.59 Å². The number of carbonyl (C=O) groups is 2. The molecule has 0 saturated heterocycles. The molecule has 2 nitrogen and oxygen atoms in total. The van der Waals surface area contributed by atoms with Gasteiger partial charge in [-0.3, -0.25) is 4.79 Å². The molecule has 0 aromatic carbocycles. The Morgan fingerprint density at radius 3 is 2.47 bits per heavy atom. The van der Waals surface area contributed by atoms with Gasteiger partial charge in [0.2, 0.25) is 0 Å². The van der Waals surface area contributed by atoms with Crippen molar-refractivity contribution in [1.29, 1.82) is 0 Å². The largest absolute Gasteiger partial charge is 0.300 e. The lowest BCUT2D eigenvalue weighted by Crippen LogP contribution is -2.07. The average Bonchev–Trinajstić information content (AvgIpc) is 2.16. The molecule has 0 bridgehead atoms. The van der Waals surface area contributed by atoms with Gasteiger partial charge in [0.1, 0.15) is 11.6 Å². The predicted octanol–water partition coefficient (Wildman–Crippen LogP) is 2.75. The van der Waals surface area contributed by atoms with Crippen LogP contribution < -0.4 is 0 Å². The second-order valence-corrected chi connectivity index (χ2v) is 3.98. The van der Waals surface area contributed by atoms with E-state index >= 15 is 0 Å². The van der Waals surface area contributed by atoms with Crippen LogP contribution in [-0.4, -0.2) is 11.6 Å². The molecule has 0 N–H and O–H groups in total. The van der Waals surface area contributed by atoms with E-state index in [0.717, 1.165) is 6.42 Å². The molecule has 84 valence electrons. The lowest BCUT2D eigenvalue weighted by Gasteiger charge is -2.09. The van der Waals surface area contributed by atoms with Gasteiger partial charge < -0.3 is 4.79 Å². The maximum absolute atomic E-state index is 11.5. The van der Waals surface area contributed by atoms with E-state index in [4.69, 9.17) is 6.42 Å². The zero-order chi connectivity index (χ0) is 11.7. The molecule has 0 aliphatic rings. The fourth-order valence-electron chi connectivity index (χ4n) is 1.49. The van der Waals surface area contributed by atoms with Crippen molar-refractivity contribution in [2.45, 2.75) is 52.4 Å². The minimum Gasteiger partial charge on any atom is -0.300 e. The first kappa shape index (κ1) is 13.9. The molecule has 2 heteroatoms. The molecule has 1 unspecified atom stereocenters. The first-order chi connectivity index (χ1) is 7.10. The zero-order valence-electron chi connectivity index (χ0n) is 9.71. The van der Waals surface area contributed by atoms with E-state index in [-0.39, 0.29) is 11.6 Å². The molecule has 0 radical (unpaired) electrons. The summed E-state index contributed by atoms with van der Waals surface area (Å²) in [6, 6.07) is 0. The van der Waals surface area contributed by atoms with Crippen molar-refractivity contribution in [3.8, 4) is 12.3 Å². The average molecular weight is 208 g/mol. The van der Waals surface area contributed by atoms with E-state index < -0.39 is 0 Å². The van der Waals surface area contributed by atoms with Crippen LogP contribution in [0.3, 0.4) is 0 Å². The van der Waals surface area contributed by atoms with Gasteiger partial charge in [0.25, 0.3) is 0 Å². The molecule has 0 aliphatic heterocycles. The second-order valence-electron chi connectivity index (χ2n) is 3.98. The van der Waals surface area contributed by atoms with Crippen molar-refractivity contribution in [2.24, 2.45) is 5.92 Å². The molecule has 0 spiro atoms. The number of Topliss-reactive ketones (excluding diaryl/α,β-unsaturated/α-hetero) is 2. The summed E-state index contributed by atoms with van der Waals surface area (Å²) in [4.78, 5) is 22.2. The lowest BCUT2D eigenvalue weighted by molar-refractivity contribution is -0.120. The standard InChI is InChI=1S/C13H20O2/c1-4-7-12(5-2)10-13(15)9-6-8-11(3)14/h1,12H,5-10H2,2-3H3. The monoisotopic (exact) mass is 208 g/mol. The molecule has 0 saturated carbocycles. The quantitative estimate of drug-likeness (QED) is 0.575. The number of ketones is 2. The predicted molar refractivity (Wildman–Crippen MR) is 61.4 cm³/mol. The third-order valence-electron chi connectivity index (χ3n) is 2.48. The summed E-state index contributed by atoms with van der Waals surface area (Å²) >= 11 is 0. The van der Waals surface area contributed by atoms with Crippen LogP contribution in [0.25, 0.3) is 0 Å². The Labute approximate surface area is 92.4 Å². The van der Waals surface area contributed by atoms with Gasteiger partial charge in [0.15, 0.2) is 0 Å². The summed E-state index contributed by atoms with van der Waals surface area (Å²) in [6.07, 6.45) is 9.11. The molecule has 15 heavy (non-hydrogen) atoms. The van der Waals surface area contributed by atoms with Gasteiger partial charge in [-0.05, 0) is 19.3 Å². The van der Waals surface area contributed by atoms with E-state index in [1.165, 1.54) is 0 Å². The van der Waals surface area contributed by atoms with Crippen molar-refractivity contribution < 1.29 is 9.59 Å². The Balaban J connectivity index is 3.72. The summed E-state index contributed by atoms with van der Waals surface area (Å²) in [5, 5.41) is 0. The fraction of sp³-hybridized carbons (Fsp3) is 0.692. The Morgan fingerprint density at radius 2 is 2.00 bits per heavy atom. The molecular formula is C13H20O2. The summed E-state index contributed by atoms with van der Waals surface area (Å²) < 4.78 is 0. The van der Waals surface area contributed by atoms with Crippen LogP contribution in [0.15, 0.2) is 0 Å². The third kappa shape index (κ3) is 7.93. The molecule has 0 amide bonds. The van der Waals surface area contributed by atoms with E-state index in [2.05, 4.69) is 5.92 Å². The SMILES string of the molecule is C#CCC(CC)CC(=O)CCCC(C)=O. The molecule has 0 aliphatic carbocycles. The van der Waals surface area contributed by atoms with Crippen LogP contribution in [0.4, 0.5) is 0 Å². The zero-order valence-corrected chi connectivity index (χ0v) is 9.71. The highest BCUT2D eigenvalue weighted by Crippen LogP contribution is 2.14. The summed E-state index contributed by atoms with van der Waals surface area (Å²) in [5.41, 5.74) is 0. The lowest BCUT2D eigenvalue weighted by atomic mass is 9.94. The molecule has 0 fully saturated rings. The van der Waals surface area contributed by atoms with Crippen LogP contribution in [0.5, 0.6) is 0 Å². The Kier molecular flexibility index (Phi) is 7.62. The van der Waals surface area contributed by atoms with Crippen LogP contribution in [0.1, 0.15) is 52.4 Å². The molecule has 1 atom stereocenters. The molecule has 0 aromatic heterocycles. The van der Waals surface area contributed by atoms with E-state index in [1.807, 2.05) is 6.92 Å². The van der Waals surface area contributed by atoms with Gasteiger partial charge in [-0.1, -0.05) is 13.3 Å². The van der Waals surface area contributed by atoms with E-state index in [1.54, 1.807) is 6.92 Å². The summed E-state index contributed by atoms with van der Waals surface area (Å²) in [6.45, 7) is 3.60. The highest BCUT2D eigenvalue weighted by atomic mass is 16.1. The topological polar surface area (TPSA) is 34.1 Å². The molecule has 0 rings (SSSR count). The van der Waals surface area contributed by atoms with Crippen molar-refractivity contribution in [2.75, 3.05) is 0 Å². The number of terminal acetylenes is 1. The highest BCUT2D eigenvalue weighted by Gasteiger charge is 2.10. The van der Waals surface area contributed by atoms with Gasteiger partial charge in [-0.25, -0.2) is 0 Å². The van der Waals surface area contributed by atoms with Gasteiger partial charge >= 0.3 is 0 Å². The van der Waals surface area contributed by atoms with Gasteiger partial charge in [-0.15, -0.1) is 12.3 Å². The summed E-state index contributed by atoms with van der Waals surface area (Å²) in [5.74, 6) is 3.30. The minimum atomic E-state index is 0.151. The van der Waals surface area contributed by atoms with Gasteiger partial charge in [0.05, 0.1) is 0 Å². The van der Waals surface area contributed by atoms with Crippen molar-refractivity contribution in [3.05, 3.63) is 0 Å².